The lowest BCUT2D eigenvalue weighted by Gasteiger charge is -2.10. The van der Waals surface area contributed by atoms with Crippen LogP contribution in [0.2, 0.25) is 5.15 Å². The zero-order valence-corrected chi connectivity index (χ0v) is 13.6. The minimum Gasteiger partial charge on any atom is -0.459 e. The fourth-order valence-corrected chi connectivity index (χ4v) is 2.23. The van der Waals surface area contributed by atoms with Gasteiger partial charge >= 0.3 is 11.9 Å². The van der Waals surface area contributed by atoms with Crippen molar-refractivity contribution >= 4 is 29.4 Å². The number of pyridine rings is 1. The number of furan rings is 1. The van der Waals surface area contributed by atoms with E-state index in [0.29, 0.717) is 11.3 Å². The van der Waals surface area contributed by atoms with Gasteiger partial charge in [0, 0.05) is 5.69 Å². The molecule has 0 saturated heterocycles. The number of hydrazine groups is 1. The molecule has 126 valence electrons. The normalized spacial score (nSPS) is 10.1. The molecule has 0 unspecified atom stereocenters. The van der Waals surface area contributed by atoms with Crippen molar-refractivity contribution in [2.75, 3.05) is 6.61 Å². The molecule has 0 saturated carbocycles. The molecule has 0 bridgehead atoms. The van der Waals surface area contributed by atoms with Crippen LogP contribution in [0.1, 0.15) is 32.2 Å². The second kappa shape index (κ2) is 7.60. The Hall–Kier alpha value is -2.87. The van der Waals surface area contributed by atoms with Crippen molar-refractivity contribution in [2.24, 2.45) is 0 Å². The molecule has 8 nitrogen and oxygen atoms in total. The van der Waals surface area contributed by atoms with Crippen LogP contribution in [-0.2, 0) is 9.53 Å². The number of hydrogen-bond donors (Lipinski definition) is 2. The molecule has 0 spiro atoms. The van der Waals surface area contributed by atoms with Crippen LogP contribution in [0, 0.1) is 13.8 Å². The van der Waals surface area contributed by atoms with Gasteiger partial charge < -0.3 is 9.15 Å². The SMILES string of the molecule is Cc1cc(C)c(C(=O)OCC(=O)NNC(=O)c2ccco2)c(Cl)n1. The van der Waals surface area contributed by atoms with Gasteiger partial charge in [-0.25, -0.2) is 9.78 Å². The summed E-state index contributed by atoms with van der Waals surface area (Å²) >= 11 is 5.92. The molecule has 2 aromatic heterocycles. The van der Waals surface area contributed by atoms with Gasteiger partial charge in [0.2, 0.25) is 0 Å². The Morgan fingerprint density at radius 3 is 2.67 bits per heavy atom. The first-order valence-electron chi connectivity index (χ1n) is 6.82. The number of aryl methyl sites for hydroxylation is 2. The maximum atomic E-state index is 12.0. The van der Waals surface area contributed by atoms with Gasteiger partial charge in [-0.15, -0.1) is 0 Å². The number of nitrogens with zero attached hydrogens (tertiary/aromatic N) is 1. The summed E-state index contributed by atoms with van der Waals surface area (Å²) in [6.07, 6.45) is 1.32. The predicted molar refractivity (Wildman–Crippen MR) is 83.3 cm³/mol. The highest BCUT2D eigenvalue weighted by atomic mass is 35.5. The van der Waals surface area contributed by atoms with Gasteiger partial charge in [-0.2, -0.15) is 0 Å². The average Bonchev–Trinajstić information content (AvgIpc) is 3.04. The molecular weight excluding hydrogens is 338 g/mol. The van der Waals surface area contributed by atoms with Crippen molar-refractivity contribution in [3.05, 3.63) is 52.2 Å². The smallest absolute Gasteiger partial charge is 0.342 e. The number of carbonyl (C=O) groups is 3. The number of carbonyl (C=O) groups excluding carboxylic acids is 3. The lowest BCUT2D eigenvalue weighted by Crippen LogP contribution is -2.43. The maximum Gasteiger partial charge on any atom is 0.342 e. The van der Waals surface area contributed by atoms with Crippen LogP contribution in [0.5, 0.6) is 0 Å². The molecule has 0 aliphatic heterocycles. The van der Waals surface area contributed by atoms with Crippen molar-refractivity contribution in [2.45, 2.75) is 13.8 Å². The van der Waals surface area contributed by atoms with Crippen LogP contribution in [0.25, 0.3) is 0 Å². The Labute approximate surface area is 142 Å². The molecule has 0 aliphatic carbocycles. The van der Waals surface area contributed by atoms with E-state index in [1.165, 1.54) is 18.4 Å². The van der Waals surface area contributed by atoms with Gasteiger partial charge in [-0.1, -0.05) is 11.6 Å². The molecule has 0 aliphatic rings. The number of rotatable bonds is 4. The van der Waals surface area contributed by atoms with Gasteiger partial charge in [0.1, 0.15) is 5.15 Å². The van der Waals surface area contributed by atoms with Crippen molar-refractivity contribution in [3.8, 4) is 0 Å². The largest absolute Gasteiger partial charge is 0.459 e. The third-order valence-corrected chi connectivity index (χ3v) is 3.17. The summed E-state index contributed by atoms with van der Waals surface area (Å²) in [7, 11) is 0. The average molecular weight is 352 g/mol. The number of esters is 1. The molecule has 0 radical (unpaired) electrons. The minimum atomic E-state index is -0.780. The quantitative estimate of drug-likeness (QED) is 0.491. The molecule has 2 N–H and O–H groups in total. The first-order valence-corrected chi connectivity index (χ1v) is 7.20. The number of ether oxygens (including phenoxy) is 1. The second-order valence-electron chi connectivity index (χ2n) is 4.80. The molecule has 24 heavy (non-hydrogen) atoms. The number of hydrogen-bond acceptors (Lipinski definition) is 6. The van der Waals surface area contributed by atoms with Gasteiger partial charge in [0.15, 0.2) is 12.4 Å². The van der Waals surface area contributed by atoms with Crippen LogP contribution in [0.4, 0.5) is 0 Å². The Morgan fingerprint density at radius 2 is 2.04 bits per heavy atom. The Kier molecular flexibility index (Phi) is 5.54. The fraction of sp³-hybridized carbons (Fsp3) is 0.200. The van der Waals surface area contributed by atoms with Gasteiger partial charge in [0.25, 0.3) is 5.91 Å². The van der Waals surface area contributed by atoms with E-state index in [0.717, 1.165) is 0 Å². The summed E-state index contributed by atoms with van der Waals surface area (Å²) in [5.41, 5.74) is 5.55. The maximum absolute atomic E-state index is 12.0. The summed E-state index contributed by atoms with van der Waals surface area (Å²) < 4.78 is 9.71. The lowest BCUT2D eigenvalue weighted by atomic mass is 10.1. The van der Waals surface area contributed by atoms with Crippen molar-refractivity contribution in [1.29, 1.82) is 0 Å². The number of nitrogens with one attached hydrogen (secondary N) is 2. The second-order valence-corrected chi connectivity index (χ2v) is 5.16. The Balaban J connectivity index is 1.86. The van der Waals surface area contributed by atoms with Crippen LogP contribution < -0.4 is 10.9 Å². The zero-order valence-electron chi connectivity index (χ0n) is 12.9. The summed E-state index contributed by atoms with van der Waals surface area (Å²) in [5, 5.41) is 0.00373. The van der Waals surface area contributed by atoms with Crippen LogP contribution in [-0.4, -0.2) is 29.4 Å². The minimum absolute atomic E-state index is 0.00373. The summed E-state index contributed by atoms with van der Waals surface area (Å²) in [4.78, 5) is 39.1. The van der Waals surface area contributed by atoms with E-state index in [1.807, 2.05) is 0 Å². The van der Waals surface area contributed by atoms with E-state index in [9.17, 15) is 14.4 Å². The first-order chi connectivity index (χ1) is 11.4. The molecule has 2 heterocycles. The van der Waals surface area contributed by atoms with Crippen molar-refractivity contribution in [1.82, 2.24) is 15.8 Å². The zero-order chi connectivity index (χ0) is 17.7. The van der Waals surface area contributed by atoms with Crippen LogP contribution in [0.3, 0.4) is 0 Å². The highest BCUT2D eigenvalue weighted by Crippen LogP contribution is 2.19. The van der Waals surface area contributed by atoms with E-state index < -0.39 is 24.4 Å². The van der Waals surface area contributed by atoms with E-state index in [1.54, 1.807) is 19.9 Å². The van der Waals surface area contributed by atoms with E-state index in [4.69, 9.17) is 20.8 Å². The summed E-state index contributed by atoms with van der Waals surface area (Å²) in [5.74, 6) is -2.11. The molecule has 0 atom stereocenters. The molecular formula is C15H14ClN3O5. The van der Waals surface area contributed by atoms with Crippen molar-refractivity contribution in [3.63, 3.8) is 0 Å². The highest BCUT2D eigenvalue weighted by molar-refractivity contribution is 6.32. The predicted octanol–water partition coefficient (Wildman–Crippen LogP) is 1.56. The summed E-state index contributed by atoms with van der Waals surface area (Å²) in [6.45, 7) is 2.82. The monoisotopic (exact) mass is 351 g/mol. The standard InChI is InChI=1S/C15H14ClN3O5/c1-8-6-9(2)17-13(16)12(8)15(22)24-7-11(20)18-19-14(21)10-4-3-5-23-10/h3-6H,7H2,1-2H3,(H,18,20)(H,19,21). The third-order valence-electron chi connectivity index (χ3n) is 2.90. The van der Waals surface area contributed by atoms with Crippen molar-refractivity contribution < 1.29 is 23.5 Å². The lowest BCUT2D eigenvalue weighted by molar-refractivity contribution is -0.125. The summed E-state index contributed by atoms with van der Waals surface area (Å²) in [6, 6.07) is 4.63. The molecule has 2 rings (SSSR count). The Morgan fingerprint density at radius 1 is 1.29 bits per heavy atom. The number of halogens is 1. The topological polar surface area (TPSA) is 111 Å². The number of amides is 2. The first kappa shape index (κ1) is 17.5. The van der Waals surface area contributed by atoms with E-state index in [-0.39, 0.29) is 16.5 Å². The van der Waals surface area contributed by atoms with Gasteiger partial charge in [-0.05, 0) is 37.6 Å². The molecule has 0 fully saturated rings. The Bertz CT molecular complexity index is 750. The molecule has 2 amide bonds. The molecule has 9 heteroatoms. The molecule has 2 aromatic rings. The van der Waals surface area contributed by atoms with Crippen LogP contribution >= 0.6 is 11.6 Å². The van der Waals surface area contributed by atoms with Gasteiger partial charge in [0.05, 0.1) is 11.8 Å². The number of aromatic nitrogens is 1. The van der Waals surface area contributed by atoms with E-state index in [2.05, 4.69) is 15.8 Å². The molecule has 0 aromatic carbocycles. The van der Waals surface area contributed by atoms with E-state index >= 15 is 0 Å². The highest BCUT2D eigenvalue weighted by Gasteiger charge is 2.18. The van der Waals surface area contributed by atoms with Gasteiger partial charge in [-0.3, -0.25) is 20.4 Å². The fourth-order valence-electron chi connectivity index (χ4n) is 1.87. The van der Waals surface area contributed by atoms with Crippen LogP contribution in [0.15, 0.2) is 28.9 Å². The third kappa shape index (κ3) is 4.32.